The normalized spacial score (nSPS) is 33.8. The molecule has 0 radical (unpaired) electrons. The van der Waals surface area contributed by atoms with Crippen LogP contribution in [0.3, 0.4) is 0 Å². The minimum Gasteiger partial charge on any atom is -0.391 e. The molecule has 0 saturated heterocycles. The van der Waals surface area contributed by atoms with Crippen molar-refractivity contribution < 1.29 is 5.11 Å². The Kier molecular flexibility index (Phi) is 4.04. The number of nitriles is 1. The molecule has 1 fully saturated rings. The number of fused-ring (bicyclic) bond motifs is 1. The van der Waals surface area contributed by atoms with Crippen molar-refractivity contribution >= 4 is 0 Å². The van der Waals surface area contributed by atoms with E-state index in [1.807, 2.05) is 12.1 Å². The summed E-state index contributed by atoms with van der Waals surface area (Å²) < 4.78 is 0. The molecule has 21 heavy (non-hydrogen) atoms. The molecule has 2 heteroatoms. The van der Waals surface area contributed by atoms with E-state index in [0.717, 1.165) is 43.6 Å². The predicted octanol–water partition coefficient (Wildman–Crippen LogP) is 3.97. The fourth-order valence-corrected chi connectivity index (χ4v) is 4.36. The lowest BCUT2D eigenvalue weighted by Gasteiger charge is -2.42. The zero-order chi connectivity index (χ0) is 14.9. The fourth-order valence-electron chi connectivity index (χ4n) is 4.36. The van der Waals surface area contributed by atoms with Crippen molar-refractivity contribution in [3.63, 3.8) is 0 Å². The van der Waals surface area contributed by atoms with Gasteiger partial charge in [0.25, 0.3) is 0 Å². The Hall–Kier alpha value is -1.33. The van der Waals surface area contributed by atoms with Crippen LogP contribution in [-0.4, -0.2) is 11.2 Å². The first kappa shape index (κ1) is 14.6. The molecule has 2 aliphatic carbocycles. The molecular formula is C19H25NO. The van der Waals surface area contributed by atoms with Crippen LogP contribution in [0.15, 0.2) is 24.3 Å². The van der Waals surface area contributed by atoms with Crippen molar-refractivity contribution in [1.29, 1.82) is 5.26 Å². The lowest BCUT2D eigenvalue weighted by molar-refractivity contribution is 0.0221. The molecule has 1 aromatic rings. The van der Waals surface area contributed by atoms with Gasteiger partial charge in [-0.2, -0.15) is 5.26 Å². The third-order valence-electron chi connectivity index (χ3n) is 5.73. The molecule has 1 aromatic carbocycles. The number of aryl methyl sites for hydroxylation is 1. The zero-order valence-electron chi connectivity index (χ0n) is 12.9. The molecule has 0 spiro atoms. The maximum atomic E-state index is 11.1. The number of hydrogen-bond donors (Lipinski definition) is 1. The molecule has 2 unspecified atom stereocenters. The van der Waals surface area contributed by atoms with Crippen molar-refractivity contribution in [3.05, 3.63) is 35.4 Å². The summed E-state index contributed by atoms with van der Waals surface area (Å²) in [6.45, 7) is 2.29. The summed E-state index contributed by atoms with van der Waals surface area (Å²) in [5.41, 5.74) is 1.67. The molecule has 1 saturated carbocycles. The minimum absolute atomic E-state index is 0.284. The van der Waals surface area contributed by atoms with Crippen LogP contribution in [0.5, 0.6) is 0 Å². The lowest BCUT2D eigenvalue weighted by Crippen LogP contribution is -2.46. The smallest absolute Gasteiger partial charge is 0.109 e. The largest absolute Gasteiger partial charge is 0.391 e. The van der Waals surface area contributed by atoms with Crippen molar-refractivity contribution in [2.24, 2.45) is 11.8 Å². The second-order valence-corrected chi connectivity index (χ2v) is 7.06. The van der Waals surface area contributed by atoms with E-state index >= 15 is 0 Å². The van der Waals surface area contributed by atoms with Crippen LogP contribution in [0.25, 0.3) is 0 Å². The van der Waals surface area contributed by atoms with Crippen molar-refractivity contribution in [2.45, 2.75) is 63.4 Å². The number of benzene rings is 1. The highest BCUT2D eigenvalue weighted by molar-refractivity contribution is 5.43. The third-order valence-corrected chi connectivity index (χ3v) is 5.73. The number of aliphatic hydroxyl groups excluding tert-OH is 1. The van der Waals surface area contributed by atoms with Crippen LogP contribution in [0, 0.1) is 23.2 Å². The summed E-state index contributed by atoms with van der Waals surface area (Å²) in [6.07, 6.45) is 6.82. The van der Waals surface area contributed by atoms with Gasteiger partial charge in [-0.05, 0) is 55.1 Å². The first-order chi connectivity index (χ1) is 10.2. The van der Waals surface area contributed by atoms with Crippen molar-refractivity contribution in [3.8, 4) is 6.07 Å². The van der Waals surface area contributed by atoms with E-state index in [2.05, 4.69) is 25.1 Å². The van der Waals surface area contributed by atoms with E-state index in [9.17, 15) is 10.4 Å². The SMILES string of the molecule is CC1CCC(C(O)C2(C#N)CCCc3ccccc32)CC1. The lowest BCUT2D eigenvalue weighted by atomic mass is 9.62. The fraction of sp³-hybridized carbons (Fsp3) is 0.632. The van der Waals surface area contributed by atoms with Crippen molar-refractivity contribution in [1.82, 2.24) is 0 Å². The van der Waals surface area contributed by atoms with E-state index in [-0.39, 0.29) is 5.92 Å². The van der Waals surface area contributed by atoms with Crippen LogP contribution >= 0.6 is 0 Å². The standard InChI is InChI=1S/C19H25NO/c1-14-8-10-16(11-9-14)18(21)19(13-20)12-4-6-15-5-2-3-7-17(15)19/h2-3,5,7,14,16,18,21H,4,6,8-12H2,1H3. The number of rotatable bonds is 2. The Morgan fingerprint density at radius 2 is 1.95 bits per heavy atom. The van der Waals surface area contributed by atoms with E-state index in [1.54, 1.807) is 0 Å². The summed E-state index contributed by atoms with van der Waals surface area (Å²) >= 11 is 0. The molecule has 1 N–H and O–H groups in total. The van der Waals surface area contributed by atoms with Gasteiger partial charge in [-0.3, -0.25) is 0 Å². The van der Waals surface area contributed by atoms with Gasteiger partial charge in [0, 0.05) is 0 Å². The topological polar surface area (TPSA) is 44.0 Å². The van der Waals surface area contributed by atoms with Gasteiger partial charge >= 0.3 is 0 Å². The van der Waals surface area contributed by atoms with Gasteiger partial charge in [0.2, 0.25) is 0 Å². The van der Waals surface area contributed by atoms with Crippen LogP contribution in [0.4, 0.5) is 0 Å². The Balaban J connectivity index is 1.93. The summed E-state index contributed by atoms with van der Waals surface area (Å²) in [4.78, 5) is 0. The number of nitrogens with zero attached hydrogens (tertiary/aromatic N) is 1. The van der Waals surface area contributed by atoms with Gasteiger partial charge in [-0.25, -0.2) is 0 Å². The second kappa shape index (κ2) is 5.81. The quantitative estimate of drug-likeness (QED) is 0.892. The molecule has 2 nitrogen and oxygen atoms in total. The molecule has 3 rings (SSSR count). The maximum Gasteiger partial charge on any atom is 0.109 e. The number of hydrogen-bond acceptors (Lipinski definition) is 2. The van der Waals surface area contributed by atoms with E-state index in [0.29, 0.717) is 0 Å². The van der Waals surface area contributed by atoms with Crippen LogP contribution in [0.1, 0.15) is 56.6 Å². The average molecular weight is 283 g/mol. The monoisotopic (exact) mass is 283 g/mol. The molecular weight excluding hydrogens is 258 g/mol. The Bertz CT molecular complexity index is 539. The van der Waals surface area contributed by atoms with Gasteiger partial charge in [0.15, 0.2) is 0 Å². The van der Waals surface area contributed by atoms with Gasteiger partial charge in [0.05, 0.1) is 12.2 Å². The van der Waals surface area contributed by atoms with Gasteiger partial charge < -0.3 is 5.11 Å². The summed E-state index contributed by atoms with van der Waals surface area (Å²) in [6, 6.07) is 10.8. The van der Waals surface area contributed by atoms with Crippen LogP contribution < -0.4 is 0 Å². The first-order valence-corrected chi connectivity index (χ1v) is 8.35. The Labute approximate surface area is 127 Å². The molecule has 0 heterocycles. The van der Waals surface area contributed by atoms with Gasteiger partial charge in [-0.15, -0.1) is 0 Å². The molecule has 0 bridgehead atoms. The van der Waals surface area contributed by atoms with Gasteiger partial charge in [0.1, 0.15) is 5.41 Å². The van der Waals surface area contributed by atoms with Crippen LogP contribution in [-0.2, 0) is 11.8 Å². The first-order valence-electron chi connectivity index (χ1n) is 8.35. The van der Waals surface area contributed by atoms with E-state index < -0.39 is 11.5 Å². The highest BCUT2D eigenvalue weighted by atomic mass is 16.3. The molecule has 2 atom stereocenters. The van der Waals surface area contributed by atoms with Crippen molar-refractivity contribution in [2.75, 3.05) is 0 Å². The third kappa shape index (κ3) is 2.49. The molecule has 0 amide bonds. The summed E-state index contributed by atoms with van der Waals surface area (Å²) in [5, 5.41) is 21.0. The minimum atomic E-state index is -0.680. The summed E-state index contributed by atoms with van der Waals surface area (Å²) in [7, 11) is 0. The molecule has 0 aliphatic heterocycles. The van der Waals surface area contributed by atoms with Gasteiger partial charge in [-0.1, -0.05) is 44.0 Å². The average Bonchev–Trinajstić information content (AvgIpc) is 2.54. The predicted molar refractivity (Wildman–Crippen MR) is 83.8 cm³/mol. The molecule has 0 aromatic heterocycles. The molecule has 2 aliphatic rings. The Morgan fingerprint density at radius 3 is 2.67 bits per heavy atom. The van der Waals surface area contributed by atoms with Crippen LogP contribution in [0.2, 0.25) is 0 Å². The highest BCUT2D eigenvalue weighted by Crippen LogP contribution is 2.45. The summed E-state index contributed by atoms with van der Waals surface area (Å²) in [5.74, 6) is 1.05. The second-order valence-electron chi connectivity index (χ2n) is 7.06. The molecule has 112 valence electrons. The maximum absolute atomic E-state index is 11.1. The number of aliphatic hydroxyl groups is 1. The Morgan fingerprint density at radius 1 is 1.24 bits per heavy atom. The van der Waals surface area contributed by atoms with E-state index in [1.165, 1.54) is 18.4 Å². The highest BCUT2D eigenvalue weighted by Gasteiger charge is 2.46. The van der Waals surface area contributed by atoms with E-state index in [4.69, 9.17) is 0 Å². The zero-order valence-corrected chi connectivity index (χ0v) is 12.9.